The van der Waals surface area contributed by atoms with Gasteiger partial charge in [0.1, 0.15) is 12.4 Å². The summed E-state index contributed by atoms with van der Waals surface area (Å²) in [6.45, 7) is 15.5. The highest BCUT2D eigenvalue weighted by Gasteiger charge is 2.34. The van der Waals surface area contributed by atoms with Gasteiger partial charge in [-0.05, 0) is 76.1 Å². The third-order valence-electron chi connectivity index (χ3n) is 6.92. The second-order valence-electron chi connectivity index (χ2n) is 11.2. The number of nitrogens with one attached hydrogen (secondary N) is 1. The van der Waals surface area contributed by atoms with Crippen LogP contribution in [0.2, 0.25) is 0 Å². The standard InChI is InChI=1S/C31H44N2O5/c1-8-27(31(5,6)7)33(30(35)24-19-21(2)18-22(3)20-24)32-29(34)25-12-11-13-26(23(25)4)36-16-17-38-28-14-9-10-15-37-28/h11-13,18-20,27-28H,8-10,14-17H2,1-7H3,(H,32,34). The molecule has 1 fully saturated rings. The molecule has 1 heterocycles. The Bertz CT molecular complexity index is 1080. The van der Waals surface area contributed by atoms with Crippen LogP contribution in [0.25, 0.3) is 0 Å². The Morgan fingerprint density at radius 2 is 1.79 bits per heavy atom. The average Bonchev–Trinajstić information content (AvgIpc) is 2.86. The summed E-state index contributed by atoms with van der Waals surface area (Å²) >= 11 is 0. The second kappa shape index (κ2) is 13.3. The largest absolute Gasteiger partial charge is 0.491 e. The predicted molar refractivity (Wildman–Crippen MR) is 149 cm³/mol. The number of hydrogen-bond donors (Lipinski definition) is 1. The molecule has 0 aliphatic carbocycles. The first-order valence-electron chi connectivity index (χ1n) is 13.7. The van der Waals surface area contributed by atoms with E-state index >= 15 is 0 Å². The number of hydrazine groups is 1. The summed E-state index contributed by atoms with van der Waals surface area (Å²) in [5.74, 6) is 0.0418. The molecule has 0 spiro atoms. The minimum absolute atomic E-state index is 0.166. The maximum absolute atomic E-state index is 13.8. The van der Waals surface area contributed by atoms with Gasteiger partial charge in [0, 0.05) is 23.3 Å². The number of carbonyl (C=O) groups excluding carboxylic acids is 2. The van der Waals surface area contributed by atoms with Crippen LogP contribution in [-0.2, 0) is 9.47 Å². The highest BCUT2D eigenvalue weighted by atomic mass is 16.7. The van der Waals surface area contributed by atoms with Crippen molar-refractivity contribution in [2.24, 2.45) is 5.41 Å². The van der Waals surface area contributed by atoms with E-state index < -0.39 is 0 Å². The summed E-state index contributed by atoms with van der Waals surface area (Å²) in [4.78, 5) is 27.4. The van der Waals surface area contributed by atoms with Crippen molar-refractivity contribution in [1.29, 1.82) is 0 Å². The van der Waals surface area contributed by atoms with Crippen molar-refractivity contribution in [3.05, 3.63) is 64.2 Å². The van der Waals surface area contributed by atoms with E-state index in [1.807, 2.05) is 52.0 Å². The molecule has 208 valence electrons. The van der Waals surface area contributed by atoms with E-state index in [-0.39, 0.29) is 29.6 Å². The Kier molecular flexibility index (Phi) is 10.3. The van der Waals surface area contributed by atoms with Gasteiger partial charge in [-0.1, -0.05) is 51.0 Å². The molecule has 2 amide bonds. The smallest absolute Gasteiger partial charge is 0.272 e. The molecule has 0 saturated carbocycles. The first-order chi connectivity index (χ1) is 18.0. The summed E-state index contributed by atoms with van der Waals surface area (Å²) in [6, 6.07) is 10.9. The molecule has 0 aromatic heterocycles. The summed E-state index contributed by atoms with van der Waals surface area (Å²) < 4.78 is 17.3. The molecular formula is C31H44N2O5. The van der Waals surface area contributed by atoms with E-state index in [1.165, 1.54) is 5.01 Å². The normalized spacial score (nSPS) is 16.6. The van der Waals surface area contributed by atoms with Gasteiger partial charge in [0.05, 0.1) is 12.6 Å². The molecule has 0 bridgehead atoms. The van der Waals surface area contributed by atoms with Crippen LogP contribution < -0.4 is 10.2 Å². The summed E-state index contributed by atoms with van der Waals surface area (Å²) in [5, 5.41) is 1.52. The van der Waals surface area contributed by atoms with Crippen LogP contribution in [0.3, 0.4) is 0 Å². The molecule has 2 aromatic carbocycles. The number of rotatable bonds is 9. The summed E-state index contributed by atoms with van der Waals surface area (Å²) in [5.41, 5.74) is 6.43. The first kappa shape index (κ1) is 29.7. The van der Waals surface area contributed by atoms with E-state index in [9.17, 15) is 9.59 Å². The quantitative estimate of drug-likeness (QED) is 0.315. The minimum atomic E-state index is -0.347. The second-order valence-corrected chi connectivity index (χ2v) is 11.2. The fraction of sp³-hybridized carbons (Fsp3) is 0.548. The van der Waals surface area contributed by atoms with Crippen LogP contribution in [0.15, 0.2) is 36.4 Å². The van der Waals surface area contributed by atoms with Crippen molar-refractivity contribution >= 4 is 11.8 Å². The Morgan fingerprint density at radius 3 is 2.39 bits per heavy atom. The van der Waals surface area contributed by atoms with E-state index in [4.69, 9.17) is 14.2 Å². The zero-order valence-electron chi connectivity index (χ0n) is 24.1. The number of nitrogens with zero attached hydrogens (tertiary/aromatic N) is 1. The number of ether oxygens (including phenoxy) is 3. The highest BCUT2D eigenvalue weighted by molar-refractivity contribution is 6.00. The lowest BCUT2D eigenvalue weighted by atomic mass is 9.84. The lowest BCUT2D eigenvalue weighted by molar-refractivity contribution is -0.165. The molecule has 3 rings (SSSR count). The van der Waals surface area contributed by atoms with Gasteiger partial charge < -0.3 is 14.2 Å². The third-order valence-corrected chi connectivity index (χ3v) is 6.92. The Morgan fingerprint density at radius 1 is 1.08 bits per heavy atom. The molecule has 7 nitrogen and oxygen atoms in total. The van der Waals surface area contributed by atoms with Gasteiger partial charge in [-0.2, -0.15) is 0 Å². The fourth-order valence-corrected chi connectivity index (χ4v) is 5.05. The highest BCUT2D eigenvalue weighted by Crippen LogP contribution is 2.28. The van der Waals surface area contributed by atoms with Crippen molar-refractivity contribution in [3.8, 4) is 5.75 Å². The number of hydrogen-bond acceptors (Lipinski definition) is 5. The minimum Gasteiger partial charge on any atom is -0.491 e. The van der Waals surface area contributed by atoms with Crippen molar-refractivity contribution in [2.75, 3.05) is 19.8 Å². The van der Waals surface area contributed by atoms with Crippen LogP contribution in [0.1, 0.15) is 90.8 Å². The van der Waals surface area contributed by atoms with Crippen LogP contribution in [0.4, 0.5) is 0 Å². The van der Waals surface area contributed by atoms with Gasteiger partial charge in [0.25, 0.3) is 11.8 Å². The number of amides is 2. The SMILES string of the molecule is CCC(N(NC(=O)c1cccc(OCCOC2CCCCO2)c1C)C(=O)c1cc(C)cc(C)c1)C(C)(C)C. The van der Waals surface area contributed by atoms with Crippen molar-refractivity contribution in [3.63, 3.8) is 0 Å². The number of benzene rings is 2. The fourth-order valence-electron chi connectivity index (χ4n) is 5.05. The molecule has 2 aromatic rings. The number of aryl methyl sites for hydroxylation is 2. The monoisotopic (exact) mass is 524 g/mol. The lowest BCUT2D eigenvalue weighted by Crippen LogP contribution is -2.56. The average molecular weight is 525 g/mol. The molecular weight excluding hydrogens is 480 g/mol. The third kappa shape index (κ3) is 7.81. The maximum atomic E-state index is 13.8. The molecule has 1 saturated heterocycles. The topological polar surface area (TPSA) is 77.1 Å². The van der Waals surface area contributed by atoms with Gasteiger partial charge in [-0.15, -0.1) is 0 Å². The van der Waals surface area contributed by atoms with Crippen LogP contribution in [0.5, 0.6) is 5.75 Å². The lowest BCUT2D eigenvalue weighted by Gasteiger charge is -2.39. The van der Waals surface area contributed by atoms with Crippen LogP contribution >= 0.6 is 0 Å². The first-order valence-corrected chi connectivity index (χ1v) is 13.7. The van der Waals surface area contributed by atoms with E-state index in [2.05, 4.69) is 26.2 Å². The van der Waals surface area contributed by atoms with E-state index in [1.54, 1.807) is 12.1 Å². The molecule has 7 heteroatoms. The van der Waals surface area contributed by atoms with Crippen LogP contribution in [0, 0.1) is 26.2 Å². The molecule has 1 aliphatic rings. The van der Waals surface area contributed by atoms with Gasteiger partial charge in [-0.3, -0.25) is 15.0 Å². The van der Waals surface area contributed by atoms with Gasteiger partial charge in [-0.25, -0.2) is 5.01 Å². The zero-order valence-corrected chi connectivity index (χ0v) is 24.1. The molecule has 2 unspecified atom stereocenters. The predicted octanol–water partition coefficient (Wildman–Crippen LogP) is 6.15. The summed E-state index contributed by atoms with van der Waals surface area (Å²) in [7, 11) is 0. The molecule has 1 aliphatic heterocycles. The molecule has 2 atom stereocenters. The molecule has 1 N–H and O–H groups in total. The molecule has 38 heavy (non-hydrogen) atoms. The number of carbonyl (C=O) groups is 2. The van der Waals surface area contributed by atoms with E-state index in [0.717, 1.165) is 37.0 Å². The maximum Gasteiger partial charge on any atom is 0.272 e. The zero-order chi connectivity index (χ0) is 27.9. The van der Waals surface area contributed by atoms with Crippen molar-refractivity contribution in [1.82, 2.24) is 10.4 Å². The van der Waals surface area contributed by atoms with Crippen molar-refractivity contribution < 1.29 is 23.8 Å². The van der Waals surface area contributed by atoms with E-state index in [0.29, 0.717) is 42.1 Å². The molecule has 0 radical (unpaired) electrons. The Balaban J connectivity index is 1.77. The van der Waals surface area contributed by atoms with Gasteiger partial charge in [0.15, 0.2) is 6.29 Å². The summed E-state index contributed by atoms with van der Waals surface area (Å²) in [6.07, 6.45) is 3.61. The Labute approximate surface area is 227 Å². The van der Waals surface area contributed by atoms with Gasteiger partial charge in [0.2, 0.25) is 0 Å². The van der Waals surface area contributed by atoms with Gasteiger partial charge >= 0.3 is 0 Å². The van der Waals surface area contributed by atoms with Crippen molar-refractivity contribution in [2.45, 2.75) is 86.5 Å². The Hall–Kier alpha value is -2.90. The van der Waals surface area contributed by atoms with Crippen LogP contribution in [-0.4, -0.2) is 49.0 Å².